The van der Waals surface area contributed by atoms with Crippen LogP contribution in [0.25, 0.3) is 0 Å². The van der Waals surface area contributed by atoms with Crippen molar-refractivity contribution >= 4 is 6.09 Å². The fraction of sp³-hybridized carbons (Fsp3) is 0.500. The van der Waals surface area contributed by atoms with Crippen molar-refractivity contribution in [1.82, 2.24) is 5.48 Å². The van der Waals surface area contributed by atoms with E-state index < -0.39 is 11.7 Å². The van der Waals surface area contributed by atoms with Crippen molar-refractivity contribution < 1.29 is 29.3 Å². The number of aliphatic hydroxyl groups excluding tert-OH is 2. The Kier molecular flexibility index (Phi) is 6.41. The maximum Gasteiger partial charge on any atom is 0.431 e. The van der Waals surface area contributed by atoms with Gasteiger partial charge in [-0.2, -0.15) is 5.48 Å². The molecule has 0 spiro atoms. The third kappa shape index (κ3) is 6.94. The van der Waals surface area contributed by atoms with Gasteiger partial charge in [0.05, 0.1) is 13.2 Å². The van der Waals surface area contributed by atoms with Crippen LogP contribution in [0.3, 0.4) is 0 Å². The van der Waals surface area contributed by atoms with Crippen LogP contribution in [0.5, 0.6) is 5.75 Å². The molecule has 0 saturated heterocycles. The van der Waals surface area contributed by atoms with E-state index in [1.54, 1.807) is 39.0 Å². The monoisotopic (exact) mass is 299 g/mol. The summed E-state index contributed by atoms with van der Waals surface area (Å²) in [5.74, 6) is 0.414. The molecular formula is C14H21NO6. The first-order chi connectivity index (χ1) is 9.84. The maximum atomic E-state index is 11.3. The molecule has 7 heteroatoms. The Morgan fingerprint density at radius 3 is 2.19 bits per heavy atom. The van der Waals surface area contributed by atoms with Gasteiger partial charge in [-0.05, 0) is 44.0 Å². The number of nitrogens with one attached hydrogen (secondary N) is 1. The molecule has 0 aromatic heterocycles. The highest BCUT2D eigenvalue weighted by atomic mass is 16.8. The molecule has 0 heterocycles. The molecule has 1 aromatic carbocycles. The Morgan fingerprint density at radius 2 is 1.71 bits per heavy atom. The fourth-order valence-corrected chi connectivity index (χ4v) is 1.48. The number of hydroxylamine groups is 1. The molecule has 0 radical (unpaired) electrons. The van der Waals surface area contributed by atoms with Crippen LogP contribution in [0.2, 0.25) is 0 Å². The van der Waals surface area contributed by atoms with Gasteiger partial charge in [0.15, 0.2) is 0 Å². The van der Waals surface area contributed by atoms with Crippen LogP contribution in [-0.2, 0) is 22.8 Å². The molecule has 0 bridgehead atoms. The lowest BCUT2D eigenvalue weighted by Gasteiger charge is -2.19. The number of amides is 1. The third-order valence-corrected chi connectivity index (χ3v) is 2.23. The first-order valence-corrected chi connectivity index (χ1v) is 6.42. The summed E-state index contributed by atoms with van der Waals surface area (Å²) in [6, 6.07) is 4.87. The molecule has 7 nitrogen and oxygen atoms in total. The topological polar surface area (TPSA) is 97.3 Å². The predicted octanol–water partition coefficient (Wildman–Crippen LogP) is 1.46. The van der Waals surface area contributed by atoms with Crippen molar-refractivity contribution in [3.8, 4) is 5.75 Å². The van der Waals surface area contributed by atoms with Crippen LogP contribution in [-0.4, -0.2) is 28.7 Å². The summed E-state index contributed by atoms with van der Waals surface area (Å²) in [6.07, 6.45) is -0.716. The summed E-state index contributed by atoms with van der Waals surface area (Å²) in [4.78, 5) is 16.1. The van der Waals surface area contributed by atoms with Gasteiger partial charge in [0, 0.05) is 0 Å². The van der Waals surface area contributed by atoms with Gasteiger partial charge in [-0.15, -0.1) is 0 Å². The van der Waals surface area contributed by atoms with Crippen molar-refractivity contribution in [3.05, 3.63) is 29.3 Å². The molecular weight excluding hydrogens is 278 g/mol. The van der Waals surface area contributed by atoms with Crippen LogP contribution < -0.4 is 10.2 Å². The lowest BCUT2D eigenvalue weighted by molar-refractivity contribution is -0.0569. The largest absolute Gasteiger partial charge is 0.465 e. The average Bonchev–Trinajstić information content (AvgIpc) is 2.41. The average molecular weight is 299 g/mol. The van der Waals surface area contributed by atoms with Gasteiger partial charge in [-0.1, -0.05) is 6.07 Å². The number of carbonyl (C=O) groups excluding carboxylic acids is 1. The number of hydrogen-bond donors (Lipinski definition) is 3. The maximum absolute atomic E-state index is 11.3. The Bertz CT molecular complexity index is 447. The molecule has 0 fully saturated rings. The van der Waals surface area contributed by atoms with Crippen molar-refractivity contribution in [2.75, 3.05) is 6.79 Å². The van der Waals surface area contributed by atoms with Crippen molar-refractivity contribution in [2.24, 2.45) is 0 Å². The van der Waals surface area contributed by atoms with Gasteiger partial charge >= 0.3 is 6.09 Å². The minimum Gasteiger partial charge on any atom is -0.465 e. The van der Waals surface area contributed by atoms with E-state index in [-0.39, 0.29) is 20.0 Å². The van der Waals surface area contributed by atoms with E-state index in [2.05, 4.69) is 5.48 Å². The summed E-state index contributed by atoms with van der Waals surface area (Å²) < 4.78 is 10.2. The highest BCUT2D eigenvalue weighted by Gasteiger charge is 2.15. The molecule has 1 rings (SSSR count). The zero-order chi connectivity index (χ0) is 15.9. The molecule has 3 N–H and O–H groups in total. The standard InChI is InChI=1S/C14H21NO6/c1-14(2,3)21-13(18)15-20-9-19-12-5-10(7-16)4-11(6-12)8-17/h4-6,16-17H,7-9H2,1-3H3,(H,15,18). The molecule has 1 aromatic rings. The Hall–Kier alpha value is -1.83. The van der Waals surface area contributed by atoms with Crippen LogP contribution in [0.15, 0.2) is 18.2 Å². The SMILES string of the molecule is CC(C)(C)OC(=O)NOCOc1cc(CO)cc(CO)c1. The zero-order valence-electron chi connectivity index (χ0n) is 12.4. The lowest BCUT2D eigenvalue weighted by Crippen LogP contribution is -2.33. The molecule has 0 aliphatic heterocycles. The second-order valence-corrected chi connectivity index (χ2v) is 5.31. The summed E-state index contributed by atoms with van der Waals surface area (Å²) in [5, 5.41) is 18.2. The third-order valence-electron chi connectivity index (χ3n) is 2.23. The molecule has 0 aliphatic carbocycles. The number of rotatable bonds is 6. The van der Waals surface area contributed by atoms with E-state index in [0.29, 0.717) is 16.9 Å². The van der Waals surface area contributed by atoms with Gasteiger partial charge in [-0.3, -0.25) is 0 Å². The van der Waals surface area contributed by atoms with E-state index in [1.165, 1.54) is 0 Å². The Morgan fingerprint density at radius 1 is 1.14 bits per heavy atom. The number of ether oxygens (including phenoxy) is 2. The van der Waals surface area contributed by atoms with E-state index in [9.17, 15) is 4.79 Å². The van der Waals surface area contributed by atoms with Crippen LogP contribution in [0.1, 0.15) is 31.9 Å². The summed E-state index contributed by atoms with van der Waals surface area (Å²) in [5.41, 5.74) is 2.69. The smallest absolute Gasteiger partial charge is 0.431 e. The lowest BCUT2D eigenvalue weighted by atomic mass is 10.1. The highest BCUT2D eigenvalue weighted by molar-refractivity contribution is 5.66. The summed E-state index contributed by atoms with van der Waals surface area (Å²) in [6.45, 7) is 4.64. The van der Waals surface area contributed by atoms with Crippen molar-refractivity contribution in [1.29, 1.82) is 0 Å². The van der Waals surface area contributed by atoms with Gasteiger partial charge < -0.3 is 19.7 Å². The minimum atomic E-state index is -0.716. The van der Waals surface area contributed by atoms with E-state index >= 15 is 0 Å². The van der Waals surface area contributed by atoms with Crippen LogP contribution in [0, 0.1) is 0 Å². The molecule has 1 amide bonds. The second-order valence-electron chi connectivity index (χ2n) is 5.31. The predicted molar refractivity (Wildman–Crippen MR) is 74.2 cm³/mol. The fourth-order valence-electron chi connectivity index (χ4n) is 1.48. The number of aliphatic hydroxyl groups is 2. The van der Waals surface area contributed by atoms with Gasteiger partial charge in [0.25, 0.3) is 0 Å². The second kappa shape index (κ2) is 7.82. The normalized spacial score (nSPS) is 11.1. The molecule has 0 aliphatic rings. The van der Waals surface area contributed by atoms with Crippen LogP contribution in [0.4, 0.5) is 4.79 Å². The summed E-state index contributed by atoms with van der Waals surface area (Å²) in [7, 11) is 0. The van der Waals surface area contributed by atoms with E-state index in [4.69, 9.17) is 24.5 Å². The molecule has 0 saturated carbocycles. The van der Waals surface area contributed by atoms with Crippen LogP contribution >= 0.6 is 0 Å². The number of carbonyl (C=O) groups is 1. The zero-order valence-corrected chi connectivity index (χ0v) is 12.4. The Balaban J connectivity index is 2.40. The van der Waals surface area contributed by atoms with Gasteiger partial charge in [0.1, 0.15) is 11.4 Å². The van der Waals surface area contributed by atoms with E-state index in [0.717, 1.165) is 0 Å². The summed E-state index contributed by atoms with van der Waals surface area (Å²) >= 11 is 0. The number of benzene rings is 1. The first-order valence-electron chi connectivity index (χ1n) is 6.42. The van der Waals surface area contributed by atoms with E-state index in [1.807, 2.05) is 0 Å². The quantitative estimate of drug-likeness (QED) is 0.418. The highest BCUT2D eigenvalue weighted by Crippen LogP contribution is 2.17. The molecule has 118 valence electrons. The molecule has 0 unspecified atom stereocenters. The Labute approximate surface area is 123 Å². The van der Waals surface area contributed by atoms with Gasteiger partial charge in [-0.25, -0.2) is 9.63 Å². The van der Waals surface area contributed by atoms with Crippen molar-refractivity contribution in [2.45, 2.75) is 39.6 Å². The van der Waals surface area contributed by atoms with Gasteiger partial charge in [0.2, 0.25) is 6.79 Å². The van der Waals surface area contributed by atoms with Crippen molar-refractivity contribution in [3.63, 3.8) is 0 Å². The molecule has 0 atom stereocenters. The molecule has 21 heavy (non-hydrogen) atoms. The first kappa shape index (κ1) is 17.2. The number of hydrogen-bond acceptors (Lipinski definition) is 6. The minimum absolute atomic E-state index is 0.165.